The number of rotatable bonds is 3. The molecule has 0 amide bonds. The quantitative estimate of drug-likeness (QED) is 0.822. The van der Waals surface area contributed by atoms with Gasteiger partial charge in [0.2, 0.25) is 0 Å². The molecule has 3 N–H and O–H groups in total. The maximum absolute atomic E-state index is 12.3. The second-order valence-corrected chi connectivity index (χ2v) is 6.53. The average molecular weight is 363 g/mol. The summed E-state index contributed by atoms with van der Waals surface area (Å²) in [6.45, 7) is 0. The highest BCUT2D eigenvalue weighted by Crippen LogP contribution is 2.32. The minimum absolute atomic E-state index is 0.0192. The van der Waals surface area contributed by atoms with E-state index in [0.717, 1.165) is 0 Å². The molecule has 0 saturated carbocycles. The zero-order valence-corrected chi connectivity index (χ0v) is 12.6. The maximum Gasteiger partial charge on any atom is 0.263 e. The van der Waals surface area contributed by atoms with Crippen molar-refractivity contribution in [2.75, 3.05) is 10.5 Å². The van der Waals surface area contributed by atoms with Crippen molar-refractivity contribution in [1.29, 1.82) is 0 Å². The van der Waals surface area contributed by atoms with Gasteiger partial charge in [0.25, 0.3) is 10.0 Å². The Morgan fingerprint density at radius 3 is 2.53 bits per heavy atom. The van der Waals surface area contributed by atoms with E-state index in [-0.39, 0.29) is 20.1 Å². The van der Waals surface area contributed by atoms with Crippen molar-refractivity contribution in [3.05, 3.63) is 46.2 Å². The van der Waals surface area contributed by atoms with Crippen LogP contribution in [0.5, 0.6) is 0 Å². The molecule has 2 aromatic rings. The highest BCUT2D eigenvalue weighted by atomic mass is 79.9. The number of benzene rings is 1. The van der Waals surface area contributed by atoms with Gasteiger partial charge in [-0.05, 0) is 40.2 Å². The number of nitrogens with two attached hydrogens (primary N) is 1. The van der Waals surface area contributed by atoms with Gasteiger partial charge in [-0.3, -0.25) is 9.71 Å². The monoisotopic (exact) mass is 361 g/mol. The number of hydrogen-bond acceptors (Lipinski definition) is 4. The fraction of sp³-hybridized carbons (Fsp3) is 0. The molecule has 1 aromatic carbocycles. The van der Waals surface area contributed by atoms with Crippen LogP contribution in [0.25, 0.3) is 0 Å². The molecule has 0 aliphatic rings. The average Bonchev–Trinajstić information content (AvgIpc) is 2.34. The molecule has 0 fully saturated rings. The van der Waals surface area contributed by atoms with Crippen LogP contribution in [0.1, 0.15) is 0 Å². The lowest BCUT2D eigenvalue weighted by Crippen LogP contribution is -2.14. The van der Waals surface area contributed by atoms with Gasteiger partial charge in [-0.1, -0.05) is 11.6 Å². The first-order valence-corrected chi connectivity index (χ1v) is 7.73. The third kappa shape index (κ3) is 3.17. The van der Waals surface area contributed by atoms with E-state index >= 15 is 0 Å². The summed E-state index contributed by atoms with van der Waals surface area (Å²) in [5.74, 6) is 0. The number of aromatic nitrogens is 1. The van der Waals surface area contributed by atoms with Gasteiger partial charge >= 0.3 is 0 Å². The molecule has 0 aliphatic heterocycles. The van der Waals surface area contributed by atoms with Crippen LogP contribution in [0, 0.1) is 0 Å². The molecule has 0 radical (unpaired) electrons. The minimum Gasteiger partial charge on any atom is -0.398 e. The topological polar surface area (TPSA) is 85.1 Å². The Morgan fingerprint density at radius 1 is 1.26 bits per heavy atom. The largest absolute Gasteiger partial charge is 0.398 e. The summed E-state index contributed by atoms with van der Waals surface area (Å²) >= 11 is 8.98. The van der Waals surface area contributed by atoms with E-state index in [1.807, 2.05) is 0 Å². The number of anilines is 2. The van der Waals surface area contributed by atoms with Crippen molar-refractivity contribution >= 4 is 48.9 Å². The number of hydrogen-bond donors (Lipinski definition) is 2. The molecule has 19 heavy (non-hydrogen) atoms. The Bertz CT molecular complexity index is 707. The molecule has 100 valence electrons. The van der Waals surface area contributed by atoms with Crippen LogP contribution in [0.15, 0.2) is 46.0 Å². The van der Waals surface area contributed by atoms with Crippen LogP contribution in [-0.2, 0) is 10.0 Å². The minimum atomic E-state index is -3.78. The van der Waals surface area contributed by atoms with Crippen molar-refractivity contribution in [2.45, 2.75) is 4.90 Å². The Balaban J connectivity index is 2.46. The molecule has 1 aromatic heterocycles. The van der Waals surface area contributed by atoms with E-state index in [9.17, 15) is 8.42 Å². The van der Waals surface area contributed by atoms with E-state index < -0.39 is 10.0 Å². The fourth-order valence-corrected chi connectivity index (χ4v) is 3.76. The van der Waals surface area contributed by atoms with Gasteiger partial charge in [0.05, 0.1) is 10.2 Å². The number of nitrogen functional groups attached to an aromatic ring is 1. The number of pyridine rings is 1. The van der Waals surface area contributed by atoms with Crippen LogP contribution in [-0.4, -0.2) is 13.4 Å². The summed E-state index contributed by atoms with van der Waals surface area (Å²) in [6.07, 6.45) is 2.97. The lowest BCUT2D eigenvalue weighted by Gasteiger charge is -2.11. The van der Waals surface area contributed by atoms with Crippen LogP contribution >= 0.6 is 27.5 Å². The van der Waals surface area contributed by atoms with Gasteiger partial charge in [-0.2, -0.15) is 0 Å². The van der Waals surface area contributed by atoms with Gasteiger partial charge in [-0.15, -0.1) is 0 Å². The molecule has 5 nitrogen and oxygen atoms in total. The second kappa shape index (κ2) is 5.36. The van der Waals surface area contributed by atoms with Gasteiger partial charge in [0.1, 0.15) is 4.90 Å². The molecule has 1 heterocycles. The van der Waals surface area contributed by atoms with E-state index in [1.165, 1.54) is 24.5 Å². The van der Waals surface area contributed by atoms with Crippen molar-refractivity contribution in [3.63, 3.8) is 0 Å². The molecule has 0 bridgehead atoms. The highest BCUT2D eigenvalue weighted by Gasteiger charge is 2.20. The maximum atomic E-state index is 12.3. The van der Waals surface area contributed by atoms with E-state index in [2.05, 4.69) is 25.6 Å². The summed E-state index contributed by atoms with van der Waals surface area (Å²) in [7, 11) is -3.78. The molecular weight excluding hydrogens is 354 g/mol. The molecule has 0 atom stereocenters. The smallest absolute Gasteiger partial charge is 0.263 e. The van der Waals surface area contributed by atoms with Crippen LogP contribution in [0.3, 0.4) is 0 Å². The van der Waals surface area contributed by atoms with E-state index in [4.69, 9.17) is 17.3 Å². The van der Waals surface area contributed by atoms with Gasteiger partial charge < -0.3 is 5.73 Å². The van der Waals surface area contributed by atoms with Gasteiger partial charge in [-0.25, -0.2) is 8.42 Å². The summed E-state index contributed by atoms with van der Waals surface area (Å²) in [4.78, 5) is 3.79. The Kier molecular flexibility index (Phi) is 3.98. The summed E-state index contributed by atoms with van der Waals surface area (Å²) in [5.41, 5.74) is 6.33. The summed E-state index contributed by atoms with van der Waals surface area (Å²) < 4.78 is 27.2. The Hall–Kier alpha value is -1.31. The third-order valence-corrected chi connectivity index (χ3v) is 5.03. The first-order chi connectivity index (χ1) is 8.90. The number of nitrogens with one attached hydrogen (secondary N) is 1. The first kappa shape index (κ1) is 14.1. The first-order valence-electron chi connectivity index (χ1n) is 5.07. The van der Waals surface area contributed by atoms with Crippen molar-refractivity contribution < 1.29 is 8.42 Å². The molecule has 0 spiro atoms. The standard InChI is InChI=1S/C11H9BrClN3O2S/c12-11-9(14)5-7(13)6-10(11)19(17,18)16-8-1-3-15-4-2-8/h1-6H,14H2,(H,15,16). The number of halogens is 2. The zero-order valence-electron chi connectivity index (χ0n) is 9.47. The highest BCUT2D eigenvalue weighted by molar-refractivity contribution is 9.10. The van der Waals surface area contributed by atoms with E-state index in [1.54, 1.807) is 12.1 Å². The zero-order chi connectivity index (χ0) is 14.0. The van der Waals surface area contributed by atoms with E-state index in [0.29, 0.717) is 5.69 Å². The van der Waals surface area contributed by atoms with Crippen molar-refractivity contribution in [1.82, 2.24) is 4.98 Å². The van der Waals surface area contributed by atoms with Gasteiger partial charge in [0.15, 0.2) is 0 Å². The summed E-state index contributed by atoms with van der Waals surface area (Å²) in [6, 6.07) is 5.88. The lowest BCUT2D eigenvalue weighted by molar-refractivity contribution is 0.601. The number of sulfonamides is 1. The third-order valence-electron chi connectivity index (χ3n) is 2.25. The molecule has 2 rings (SSSR count). The van der Waals surface area contributed by atoms with Crippen LogP contribution in [0.4, 0.5) is 11.4 Å². The van der Waals surface area contributed by atoms with Crippen LogP contribution in [0.2, 0.25) is 5.02 Å². The lowest BCUT2D eigenvalue weighted by atomic mass is 10.3. The predicted octanol–water partition coefficient (Wildman–Crippen LogP) is 2.88. The summed E-state index contributed by atoms with van der Waals surface area (Å²) in [5, 5.41) is 0.246. The van der Waals surface area contributed by atoms with Crippen LogP contribution < -0.4 is 10.5 Å². The Morgan fingerprint density at radius 2 is 1.89 bits per heavy atom. The molecule has 0 aliphatic carbocycles. The molecule has 8 heteroatoms. The van der Waals surface area contributed by atoms with Crippen molar-refractivity contribution in [3.8, 4) is 0 Å². The predicted molar refractivity (Wildman–Crippen MR) is 78.6 cm³/mol. The molecular formula is C11H9BrClN3O2S. The van der Waals surface area contributed by atoms with Gasteiger partial charge in [0, 0.05) is 23.1 Å². The molecule has 0 unspecified atom stereocenters. The SMILES string of the molecule is Nc1cc(Cl)cc(S(=O)(=O)Nc2ccncc2)c1Br. The molecule has 0 saturated heterocycles. The Labute approximate surface area is 124 Å². The normalized spacial score (nSPS) is 11.3. The number of nitrogens with zero attached hydrogens (tertiary/aromatic N) is 1. The fourth-order valence-electron chi connectivity index (χ4n) is 1.41. The van der Waals surface area contributed by atoms with Crippen molar-refractivity contribution in [2.24, 2.45) is 0 Å². The second-order valence-electron chi connectivity index (χ2n) is 3.65.